The smallest absolute Gasteiger partial charge is 0.232 e. The molecule has 128 valence electrons. The second-order valence-electron chi connectivity index (χ2n) is 5.47. The number of fused-ring (bicyclic) bond motifs is 3. The summed E-state index contributed by atoms with van der Waals surface area (Å²) in [6.07, 6.45) is 0.463. The molecule has 2 aromatic carbocycles. The standard InChI is InChI=1S/C17H19BrN2O3S/c18-9-11-23-10-4-12-24(21,22)20-16-8-3-6-14-13-5-1-2-7-15(13)19-17(14)16/h1-3,5-8,19-20H,4,9-12H2. The molecule has 0 saturated heterocycles. The second-order valence-corrected chi connectivity index (χ2v) is 8.11. The van der Waals surface area contributed by atoms with Crippen molar-refractivity contribution in [1.82, 2.24) is 4.98 Å². The van der Waals surface area contributed by atoms with E-state index >= 15 is 0 Å². The lowest BCUT2D eigenvalue weighted by molar-refractivity contribution is 0.152. The highest BCUT2D eigenvalue weighted by atomic mass is 79.9. The molecule has 7 heteroatoms. The van der Waals surface area contributed by atoms with Gasteiger partial charge in [0, 0.05) is 28.2 Å². The van der Waals surface area contributed by atoms with E-state index in [1.165, 1.54) is 0 Å². The van der Waals surface area contributed by atoms with Crippen LogP contribution in [0.15, 0.2) is 42.5 Å². The Labute approximate surface area is 149 Å². The molecule has 0 aliphatic carbocycles. The van der Waals surface area contributed by atoms with Gasteiger partial charge in [0.05, 0.1) is 23.6 Å². The maximum Gasteiger partial charge on any atom is 0.232 e. The van der Waals surface area contributed by atoms with Gasteiger partial charge in [0.25, 0.3) is 0 Å². The number of sulfonamides is 1. The van der Waals surface area contributed by atoms with Crippen molar-refractivity contribution in [2.24, 2.45) is 0 Å². The van der Waals surface area contributed by atoms with Crippen molar-refractivity contribution >= 4 is 53.4 Å². The minimum atomic E-state index is -3.41. The van der Waals surface area contributed by atoms with Crippen LogP contribution >= 0.6 is 15.9 Å². The lowest BCUT2D eigenvalue weighted by atomic mass is 10.1. The van der Waals surface area contributed by atoms with Gasteiger partial charge >= 0.3 is 0 Å². The van der Waals surface area contributed by atoms with Gasteiger partial charge in [0.15, 0.2) is 0 Å². The Morgan fingerprint density at radius 1 is 1.04 bits per heavy atom. The van der Waals surface area contributed by atoms with E-state index in [0.717, 1.165) is 27.1 Å². The summed E-state index contributed by atoms with van der Waals surface area (Å²) in [5, 5.41) is 2.84. The summed E-state index contributed by atoms with van der Waals surface area (Å²) >= 11 is 3.26. The molecule has 0 unspecified atom stereocenters. The number of benzene rings is 2. The predicted octanol–water partition coefficient (Wildman–Crippen LogP) is 3.86. The molecule has 2 N–H and O–H groups in total. The molecule has 0 fully saturated rings. The Morgan fingerprint density at radius 3 is 2.67 bits per heavy atom. The minimum absolute atomic E-state index is 0.0336. The van der Waals surface area contributed by atoms with Crippen molar-refractivity contribution in [2.75, 3.05) is 29.0 Å². The molecule has 0 aliphatic heterocycles. The summed E-state index contributed by atoms with van der Waals surface area (Å²) in [6, 6.07) is 13.5. The number of nitrogens with one attached hydrogen (secondary N) is 2. The summed E-state index contributed by atoms with van der Waals surface area (Å²) in [4.78, 5) is 3.30. The van der Waals surface area contributed by atoms with Gasteiger partial charge in [-0.25, -0.2) is 8.42 Å². The van der Waals surface area contributed by atoms with Crippen molar-refractivity contribution in [3.8, 4) is 0 Å². The Morgan fingerprint density at radius 2 is 1.83 bits per heavy atom. The fourth-order valence-corrected chi connectivity index (χ4v) is 4.02. The first-order valence-electron chi connectivity index (χ1n) is 7.74. The van der Waals surface area contributed by atoms with Crippen LogP contribution in [0.4, 0.5) is 5.69 Å². The van der Waals surface area contributed by atoms with Gasteiger partial charge < -0.3 is 9.72 Å². The van der Waals surface area contributed by atoms with Gasteiger partial charge in [-0.15, -0.1) is 0 Å². The van der Waals surface area contributed by atoms with Crippen LogP contribution in [0.3, 0.4) is 0 Å². The first-order chi connectivity index (χ1) is 11.6. The minimum Gasteiger partial charge on any atom is -0.381 e. The van der Waals surface area contributed by atoms with E-state index in [4.69, 9.17) is 4.74 Å². The van der Waals surface area contributed by atoms with Crippen molar-refractivity contribution < 1.29 is 13.2 Å². The topological polar surface area (TPSA) is 71.2 Å². The maximum atomic E-state index is 12.3. The van der Waals surface area contributed by atoms with Gasteiger partial charge in [-0.2, -0.15) is 0 Å². The fraction of sp³-hybridized carbons (Fsp3) is 0.294. The molecular formula is C17H19BrN2O3S. The third-order valence-electron chi connectivity index (χ3n) is 3.73. The Kier molecular flexibility index (Phi) is 5.43. The number of halogens is 1. The summed E-state index contributed by atoms with van der Waals surface area (Å²) < 4.78 is 32.6. The third-order valence-corrected chi connectivity index (χ3v) is 5.41. The maximum absolute atomic E-state index is 12.3. The van der Waals surface area contributed by atoms with Crippen molar-refractivity contribution in [1.29, 1.82) is 0 Å². The summed E-state index contributed by atoms with van der Waals surface area (Å²) in [6.45, 7) is 1.02. The van der Waals surface area contributed by atoms with Crippen LogP contribution in [0, 0.1) is 0 Å². The fourth-order valence-electron chi connectivity index (χ4n) is 2.68. The van der Waals surface area contributed by atoms with Crippen molar-refractivity contribution in [3.05, 3.63) is 42.5 Å². The average Bonchev–Trinajstić information content (AvgIpc) is 2.94. The molecule has 3 aromatic rings. The van der Waals surface area contributed by atoms with Gasteiger partial charge in [0.2, 0.25) is 10.0 Å². The van der Waals surface area contributed by atoms with Crippen LogP contribution in [0.5, 0.6) is 0 Å². The molecule has 5 nitrogen and oxygen atoms in total. The number of anilines is 1. The van der Waals surface area contributed by atoms with E-state index in [1.807, 2.05) is 36.4 Å². The highest BCUT2D eigenvalue weighted by Gasteiger charge is 2.14. The van der Waals surface area contributed by atoms with Crippen LogP contribution in [0.2, 0.25) is 0 Å². The highest BCUT2D eigenvalue weighted by Crippen LogP contribution is 2.30. The normalized spacial score (nSPS) is 12.0. The number of ether oxygens (including phenoxy) is 1. The van der Waals surface area contributed by atoms with Crippen LogP contribution < -0.4 is 4.72 Å². The van der Waals surface area contributed by atoms with E-state index in [9.17, 15) is 8.42 Å². The van der Waals surface area contributed by atoms with Crippen LogP contribution in [0.25, 0.3) is 21.8 Å². The quantitative estimate of drug-likeness (QED) is 0.437. The SMILES string of the molecule is O=S(=O)(CCCOCCBr)Nc1cccc2c1[nH]c1ccccc12. The van der Waals surface area contributed by atoms with Gasteiger partial charge in [-0.1, -0.05) is 46.3 Å². The molecule has 0 saturated carbocycles. The van der Waals surface area contributed by atoms with Crippen molar-refractivity contribution in [2.45, 2.75) is 6.42 Å². The molecule has 0 bridgehead atoms. The van der Waals surface area contributed by atoms with Crippen LogP contribution in [-0.4, -0.2) is 37.7 Å². The molecular weight excluding hydrogens is 392 g/mol. The molecule has 0 aliphatic rings. The first-order valence-corrected chi connectivity index (χ1v) is 10.5. The van der Waals surface area contributed by atoms with E-state index in [-0.39, 0.29) is 5.75 Å². The van der Waals surface area contributed by atoms with E-state index in [2.05, 4.69) is 25.6 Å². The molecule has 1 heterocycles. The second kappa shape index (κ2) is 7.55. The Balaban J connectivity index is 1.79. The zero-order valence-electron chi connectivity index (χ0n) is 13.1. The molecule has 0 atom stereocenters. The molecule has 0 amide bonds. The van der Waals surface area contributed by atoms with Gasteiger partial charge in [-0.05, 0) is 18.6 Å². The third kappa shape index (κ3) is 3.91. The van der Waals surface area contributed by atoms with Crippen LogP contribution in [-0.2, 0) is 14.8 Å². The summed E-state index contributed by atoms with van der Waals surface area (Å²) in [5.74, 6) is 0.0336. The van der Waals surface area contributed by atoms with Gasteiger partial charge in [0.1, 0.15) is 0 Å². The Hall–Kier alpha value is -1.57. The highest BCUT2D eigenvalue weighted by molar-refractivity contribution is 9.09. The molecule has 0 radical (unpaired) electrons. The summed E-state index contributed by atoms with van der Waals surface area (Å²) in [7, 11) is -3.41. The number of hydrogen-bond acceptors (Lipinski definition) is 3. The van der Waals surface area contributed by atoms with Crippen LogP contribution in [0.1, 0.15) is 6.42 Å². The van der Waals surface area contributed by atoms with E-state index < -0.39 is 10.0 Å². The predicted molar refractivity (Wildman–Crippen MR) is 102 cm³/mol. The van der Waals surface area contributed by atoms with E-state index in [0.29, 0.717) is 25.3 Å². The first kappa shape index (κ1) is 17.3. The average molecular weight is 411 g/mol. The van der Waals surface area contributed by atoms with Gasteiger partial charge in [-0.3, -0.25) is 4.72 Å². The van der Waals surface area contributed by atoms with Crippen molar-refractivity contribution in [3.63, 3.8) is 0 Å². The number of H-pyrrole nitrogens is 1. The molecule has 0 spiro atoms. The number of rotatable bonds is 8. The summed E-state index contributed by atoms with van der Waals surface area (Å²) in [5.41, 5.74) is 2.37. The van der Waals surface area contributed by atoms with E-state index in [1.54, 1.807) is 6.07 Å². The number of alkyl halides is 1. The largest absolute Gasteiger partial charge is 0.381 e. The molecule has 24 heavy (non-hydrogen) atoms. The molecule has 3 rings (SSSR count). The lowest BCUT2D eigenvalue weighted by Crippen LogP contribution is -2.18. The number of aromatic nitrogens is 1. The number of para-hydroxylation sites is 2. The zero-order valence-corrected chi connectivity index (χ0v) is 15.5. The number of aromatic amines is 1. The zero-order chi connectivity index (χ0) is 17.0. The Bertz CT molecular complexity index is 937. The monoisotopic (exact) mass is 410 g/mol. The lowest BCUT2D eigenvalue weighted by Gasteiger charge is -2.09. The molecule has 1 aromatic heterocycles. The number of hydrogen-bond donors (Lipinski definition) is 2.